The van der Waals surface area contributed by atoms with Crippen molar-refractivity contribution in [3.8, 4) is 0 Å². The van der Waals surface area contributed by atoms with Gasteiger partial charge in [-0.1, -0.05) is 61.1 Å². The summed E-state index contributed by atoms with van der Waals surface area (Å²) < 4.78 is 19.9. The number of halogens is 1. The first-order valence-corrected chi connectivity index (χ1v) is 14.3. The number of aromatic nitrogens is 2. The van der Waals surface area contributed by atoms with Crippen molar-refractivity contribution < 1.29 is 9.13 Å². The van der Waals surface area contributed by atoms with Crippen LogP contribution in [0, 0.1) is 12.7 Å². The molecule has 3 aromatic rings. The number of nitrogens with zero attached hydrogens (tertiary/aromatic N) is 2. The van der Waals surface area contributed by atoms with Crippen LogP contribution < -0.4 is 10.6 Å². The summed E-state index contributed by atoms with van der Waals surface area (Å²) in [5, 5.41) is 7.67. The first kappa shape index (κ1) is 33.0. The highest BCUT2D eigenvalue weighted by atomic mass is 19.1. The largest absolute Gasteiger partial charge is 0.494 e. The molecule has 1 atom stereocenters. The van der Waals surface area contributed by atoms with Crippen LogP contribution >= 0.6 is 0 Å². The predicted octanol–water partition coefficient (Wildman–Crippen LogP) is 8.68. The van der Waals surface area contributed by atoms with E-state index in [9.17, 15) is 4.39 Å². The summed E-state index contributed by atoms with van der Waals surface area (Å²) in [5.41, 5.74) is 4.63. The average Bonchev–Trinajstić information content (AvgIpc) is 3.43. The Morgan fingerprint density at radius 1 is 1.11 bits per heavy atom. The molecule has 0 radical (unpaired) electrons. The normalized spacial score (nSPS) is 15.7. The molecule has 1 fully saturated rings. The minimum Gasteiger partial charge on any atom is -0.494 e. The highest BCUT2D eigenvalue weighted by molar-refractivity contribution is 5.92. The van der Waals surface area contributed by atoms with Gasteiger partial charge >= 0.3 is 0 Å². The van der Waals surface area contributed by atoms with Gasteiger partial charge in [-0.25, -0.2) is 14.4 Å². The van der Waals surface area contributed by atoms with Crippen molar-refractivity contribution in [3.63, 3.8) is 0 Å². The number of benzene rings is 2. The first-order chi connectivity index (χ1) is 18.5. The molecule has 0 aliphatic carbocycles. The summed E-state index contributed by atoms with van der Waals surface area (Å²) in [5.74, 6) is 0.457. The van der Waals surface area contributed by atoms with E-state index >= 15 is 0 Å². The third-order valence-electron chi connectivity index (χ3n) is 6.47. The van der Waals surface area contributed by atoms with E-state index in [0.29, 0.717) is 17.1 Å². The van der Waals surface area contributed by atoms with Gasteiger partial charge in [-0.05, 0) is 74.5 Å². The summed E-state index contributed by atoms with van der Waals surface area (Å²) in [7, 11) is 0. The van der Waals surface area contributed by atoms with Gasteiger partial charge in [0.05, 0.1) is 11.8 Å². The fourth-order valence-electron chi connectivity index (χ4n) is 4.59. The van der Waals surface area contributed by atoms with Crippen molar-refractivity contribution in [2.24, 2.45) is 0 Å². The highest BCUT2D eigenvalue weighted by Gasteiger charge is 2.34. The fraction of sp³-hybridized carbons (Fsp3) is 0.500. The van der Waals surface area contributed by atoms with Crippen LogP contribution in [-0.4, -0.2) is 28.7 Å². The second kappa shape index (κ2) is 17.5. The van der Waals surface area contributed by atoms with Crippen LogP contribution in [0.4, 0.5) is 15.9 Å². The van der Waals surface area contributed by atoms with E-state index in [-0.39, 0.29) is 11.4 Å². The van der Waals surface area contributed by atoms with Crippen LogP contribution in [-0.2, 0) is 17.6 Å². The van der Waals surface area contributed by atoms with E-state index < -0.39 is 0 Å². The molecule has 2 aromatic carbocycles. The summed E-state index contributed by atoms with van der Waals surface area (Å²) in [6.45, 7) is 21.5. The Kier molecular flexibility index (Phi) is 15.2. The van der Waals surface area contributed by atoms with Crippen LogP contribution in [0.5, 0.6) is 0 Å². The van der Waals surface area contributed by atoms with Gasteiger partial charge in [-0.2, -0.15) is 0 Å². The molecular weight excluding hydrogens is 475 g/mol. The molecule has 2 N–H and O–H groups in total. The number of fused-ring (bicyclic) bond motifs is 1. The van der Waals surface area contributed by atoms with Gasteiger partial charge in [-0.3, -0.25) is 0 Å². The number of hydrogen-bond acceptors (Lipinski definition) is 5. The zero-order chi connectivity index (χ0) is 28.6. The van der Waals surface area contributed by atoms with Crippen LogP contribution in [0.25, 0.3) is 10.9 Å². The molecule has 210 valence electrons. The number of nitrogens with one attached hydrogen (secondary N) is 2. The maximum Gasteiger partial charge on any atom is 0.141 e. The fourth-order valence-corrected chi connectivity index (χ4v) is 4.59. The maximum absolute atomic E-state index is 14.0. The Bertz CT molecular complexity index is 1110. The third-order valence-corrected chi connectivity index (χ3v) is 6.47. The molecule has 2 heterocycles. The Hall–Kier alpha value is -2.99. The summed E-state index contributed by atoms with van der Waals surface area (Å²) >= 11 is 0. The molecule has 0 saturated carbocycles. The molecule has 0 spiro atoms. The van der Waals surface area contributed by atoms with E-state index in [2.05, 4.69) is 46.2 Å². The molecule has 6 heteroatoms. The smallest absolute Gasteiger partial charge is 0.141 e. The molecule has 0 amide bonds. The van der Waals surface area contributed by atoms with Gasteiger partial charge in [0.1, 0.15) is 23.6 Å². The number of ether oxygens (including phenoxy) is 1. The molecule has 1 aromatic heterocycles. The van der Waals surface area contributed by atoms with E-state index in [0.717, 1.165) is 56.1 Å². The maximum atomic E-state index is 14.0. The molecule has 1 unspecified atom stereocenters. The second-order valence-electron chi connectivity index (χ2n) is 8.50. The van der Waals surface area contributed by atoms with E-state index in [1.807, 2.05) is 47.6 Å². The number of anilines is 2. The Morgan fingerprint density at radius 2 is 1.84 bits per heavy atom. The summed E-state index contributed by atoms with van der Waals surface area (Å²) in [6.07, 6.45) is 8.03. The van der Waals surface area contributed by atoms with Crippen molar-refractivity contribution in [3.05, 3.63) is 72.0 Å². The monoisotopic (exact) mass is 524 g/mol. The van der Waals surface area contributed by atoms with Crippen molar-refractivity contribution in [2.45, 2.75) is 93.1 Å². The minimum absolute atomic E-state index is 0.143. The number of rotatable bonds is 9. The highest BCUT2D eigenvalue weighted by Crippen LogP contribution is 2.31. The summed E-state index contributed by atoms with van der Waals surface area (Å²) in [6, 6.07) is 9.38. The van der Waals surface area contributed by atoms with Gasteiger partial charge in [0, 0.05) is 29.6 Å². The van der Waals surface area contributed by atoms with E-state index in [1.54, 1.807) is 25.6 Å². The quantitative estimate of drug-likeness (QED) is 0.274. The zero-order valence-electron chi connectivity index (χ0n) is 24.9. The molecule has 1 aliphatic heterocycles. The van der Waals surface area contributed by atoms with Crippen LogP contribution in [0.1, 0.15) is 84.4 Å². The van der Waals surface area contributed by atoms with Crippen molar-refractivity contribution in [2.75, 3.05) is 18.4 Å². The molecule has 1 saturated heterocycles. The van der Waals surface area contributed by atoms with Crippen LogP contribution in [0.2, 0.25) is 0 Å². The lowest BCUT2D eigenvalue weighted by atomic mass is 9.91. The van der Waals surface area contributed by atoms with Gasteiger partial charge < -0.3 is 15.4 Å². The van der Waals surface area contributed by atoms with Gasteiger partial charge in [0.25, 0.3) is 0 Å². The Morgan fingerprint density at radius 3 is 2.47 bits per heavy atom. The van der Waals surface area contributed by atoms with Gasteiger partial charge in [0.15, 0.2) is 0 Å². The zero-order valence-corrected chi connectivity index (χ0v) is 24.9. The number of aryl methyl sites for hydroxylation is 2. The van der Waals surface area contributed by atoms with Crippen LogP contribution in [0.15, 0.2) is 49.5 Å². The predicted molar refractivity (Wildman–Crippen MR) is 162 cm³/mol. The molecule has 0 bridgehead atoms. The van der Waals surface area contributed by atoms with Crippen molar-refractivity contribution >= 4 is 22.4 Å². The molecule has 5 nitrogen and oxygen atoms in total. The SMILES string of the molecule is C=COC1(CCCc2cc3c(Nc4cccc(F)c4C)ncnc3cc2CC)CCNC1.CC.CC.CC. The third kappa shape index (κ3) is 8.52. The lowest BCUT2D eigenvalue weighted by Crippen LogP contribution is -2.33. The van der Waals surface area contributed by atoms with Crippen molar-refractivity contribution in [1.82, 2.24) is 15.3 Å². The summed E-state index contributed by atoms with van der Waals surface area (Å²) in [4.78, 5) is 8.95. The van der Waals surface area contributed by atoms with E-state index in [1.165, 1.54) is 17.2 Å². The lowest BCUT2D eigenvalue weighted by Gasteiger charge is -2.27. The average molecular weight is 525 g/mol. The second-order valence-corrected chi connectivity index (χ2v) is 8.50. The topological polar surface area (TPSA) is 59.1 Å². The van der Waals surface area contributed by atoms with Crippen molar-refractivity contribution in [1.29, 1.82) is 0 Å². The van der Waals surface area contributed by atoms with E-state index in [4.69, 9.17) is 4.74 Å². The van der Waals surface area contributed by atoms with Crippen LogP contribution in [0.3, 0.4) is 0 Å². The number of hydrogen-bond donors (Lipinski definition) is 2. The first-order valence-electron chi connectivity index (χ1n) is 14.3. The molecule has 4 rings (SSSR count). The molecule has 1 aliphatic rings. The standard InChI is InChI=1S/C26H31FN4O.3C2H6/c1-4-19-15-24-21(14-20(19)8-7-11-26(32-5-2)12-13-28-16-26)25(30-17-29-24)31-23-10-6-9-22(27)18(23)3;3*1-2/h5-6,9-10,14-15,17,28H,2,4,7-8,11-13,16H2,1,3H3,(H,29,30,31);3*1-2H3. The van der Waals surface area contributed by atoms with Gasteiger partial charge in [0.2, 0.25) is 0 Å². The molecule has 38 heavy (non-hydrogen) atoms. The Balaban J connectivity index is 0.00000112. The minimum atomic E-state index is -0.237. The van der Waals surface area contributed by atoms with Gasteiger partial charge in [-0.15, -0.1) is 0 Å². The Labute approximate surface area is 230 Å². The molecular formula is C32H49FN4O. The lowest BCUT2D eigenvalue weighted by molar-refractivity contribution is 0.0314.